The minimum Gasteiger partial charge on any atom is -0.464 e. The van der Waals surface area contributed by atoms with Crippen molar-refractivity contribution in [2.24, 2.45) is 0 Å². The van der Waals surface area contributed by atoms with Gasteiger partial charge in [0.2, 0.25) is 6.23 Å². The van der Waals surface area contributed by atoms with Gasteiger partial charge in [-0.05, 0) is 25.1 Å². The number of aryl methyl sites for hydroxylation is 1. The second-order valence-electron chi connectivity index (χ2n) is 8.33. The first-order valence-electron chi connectivity index (χ1n) is 11.2. The number of rotatable bonds is 9. The number of benzene rings is 1. The molecule has 0 saturated carbocycles. The third-order valence-corrected chi connectivity index (χ3v) is 7.06. The van der Waals surface area contributed by atoms with Crippen molar-refractivity contribution >= 4 is 19.7 Å². The van der Waals surface area contributed by atoms with E-state index in [4.69, 9.17) is 23.3 Å². The molecule has 0 amide bonds. The first-order valence-corrected chi connectivity index (χ1v) is 12.7. The van der Waals surface area contributed by atoms with Crippen LogP contribution in [-0.4, -0.2) is 58.9 Å². The number of halogens is 2. The maximum absolute atomic E-state index is 15.4. The summed E-state index contributed by atoms with van der Waals surface area (Å²) in [5, 5.41) is 2.47. The minimum atomic E-state index is -4.39. The van der Waals surface area contributed by atoms with Crippen molar-refractivity contribution in [3.05, 3.63) is 58.8 Å². The molecule has 2 saturated heterocycles. The molecule has 2 fully saturated rings. The van der Waals surface area contributed by atoms with Crippen molar-refractivity contribution in [2.75, 3.05) is 13.2 Å². The van der Waals surface area contributed by atoms with E-state index in [0.717, 1.165) is 13.1 Å². The summed E-state index contributed by atoms with van der Waals surface area (Å²) in [5.41, 5.74) is -0.707. The van der Waals surface area contributed by atoms with Crippen LogP contribution in [-0.2, 0) is 32.9 Å². The van der Waals surface area contributed by atoms with Crippen LogP contribution in [0.5, 0.6) is 5.75 Å². The van der Waals surface area contributed by atoms with E-state index in [2.05, 4.69) is 10.1 Å². The Morgan fingerprint density at radius 2 is 2.00 bits per heavy atom. The van der Waals surface area contributed by atoms with Crippen LogP contribution >= 0.6 is 7.75 Å². The number of carbonyl (C=O) groups excluding carboxylic acids is 2. The van der Waals surface area contributed by atoms with Crippen LogP contribution in [0.25, 0.3) is 0 Å². The lowest BCUT2D eigenvalue weighted by atomic mass is 10.1. The first-order chi connectivity index (χ1) is 17.5. The number of esters is 2. The number of cyclic esters (lactones) is 1. The van der Waals surface area contributed by atoms with Gasteiger partial charge in [0.05, 0.1) is 13.2 Å². The Morgan fingerprint density at radius 1 is 1.27 bits per heavy atom. The van der Waals surface area contributed by atoms with Crippen molar-refractivity contribution in [3.8, 4) is 5.75 Å². The normalized spacial score (nSPS) is 26.3. The Balaban J connectivity index is 1.59. The minimum absolute atomic E-state index is 0.0787. The molecule has 2 aliphatic rings. The SMILES string of the molecule is CC(=O)O[C@@H]1[C@@H](COP(=O)(N[C@H]2CCOC2=O)Oc2ccccc2)O[C@@H](n2ccc(C)nc2=O)C1(F)F. The molecule has 1 aromatic carbocycles. The van der Waals surface area contributed by atoms with Crippen LogP contribution in [0.1, 0.15) is 25.3 Å². The highest BCUT2D eigenvalue weighted by molar-refractivity contribution is 7.52. The number of nitrogens with one attached hydrogen (secondary N) is 1. The number of hydrogen-bond acceptors (Lipinski definition) is 10. The second-order valence-corrected chi connectivity index (χ2v) is 10.0. The molecule has 1 unspecified atom stereocenters. The molecule has 2 aliphatic heterocycles. The molecule has 0 spiro atoms. The van der Waals surface area contributed by atoms with E-state index in [1.807, 2.05) is 0 Å². The van der Waals surface area contributed by atoms with Gasteiger partial charge in [-0.15, -0.1) is 0 Å². The Labute approximate surface area is 209 Å². The van der Waals surface area contributed by atoms with Crippen LogP contribution in [0.4, 0.5) is 8.78 Å². The Bertz CT molecular complexity index is 1260. The van der Waals surface area contributed by atoms with Gasteiger partial charge in [0.15, 0.2) is 6.10 Å². The Morgan fingerprint density at radius 3 is 2.62 bits per heavy atom. The number of carbonyl (C=O) groups is 2. The van der Waals surface area contributed by atoms with E-state index < -0.39 is 62.4 Å². The Kier molecular flexibility index (Phi) is 7.74. The maximum atomic E-state index is 15.4. The molecular weight excluding hydrogens is 519 g/mol. The lowest BCUT2D eigenvalue weighted by Crippen LogP contribution is -2.44. The van der Waals surface area contributed by atoms with Gasteiger partial charge in [-0.2, -0.15) is 18.9 Å². The van der Waals surface area contributed by atoms with Crippen LogP contribution in [0.3, 0.4) is 0 Å². The molecule has 4 rings (SSSR count). The third-order valence-electron chi connectivity index (χ3n) is 5.49. The summed E-state index contributed by atoms with van der Waals surface area (Å²) in [6, 6.07) is 8.12. The smallest absolute Gasteiger partial charge is 0.459 e. The highest BCUT2D eigenvalue weighted by Crippen LogP contribution is 2.49. The molecule has 0 bridgehead atoms. The zero-order valence-electron chi connectivity index (χ0n) is 19.7. The van der Waals surface area contributed by atoms with E-state index in [0.29, 0.717) is 10.3 Å². The van der Waals surface area contributed by atoms with E-state index in [1.165, 1.54) is 25.1 Å². The summed E-state index contributed by atoms with van der Waals surface area (Å²) in [4.78, 5) is 39.5. The van der Waals surface area contributed by atoms with Crippen LogP contribution in [0.2, 0.25) is 0 Å². The van der Waals surface area contributed by atoms with Gasteiger partial charge in [0.25, 0.3) is 0 Å². The van der Waals surface area contributed by atoms with Crippen LogP contribution < -0.4 is 15.3 Å². The average molecular weight is 543 g/mol. The number of para-hydroxylation sites is 1. The Hall–Kier alpha value is -3.19. The van der Waals surface area contributed by atoms with Crippen LogP contribution in [0, 0.1) is 6.92 Å². The van der Waals surface area contributed by atoms with Gasteiger partial charge >= 0.3 is 31.3 Å². The molecule has 1 aromatic heterocycles. The average Bonchev–Trinajstić information content (AvgIpc) is 3.33. The molecule has 3 heterocycles. The van der Waals surface area contributed by atoms with E-state index in [1.54, 1.807) is 18.2 Å². The number of alkyl halides is 2. The van der Waals surface area contributed by atoms with Gasteiger partial charge < -0.3 is 18.7 Å². The largest absolute Gasteiger partial charge is 0.464 e. The predicted molar refractivity (Wildman–Crippen MR) is 121 cm³/mol. The topological polar surface area (TPSA) is 144 Å². The standard InChI is InChI=1S/C22H24F2N3O9P/c1-13-8-10-27(21(30)25-13)20-22(23,24)18(34-14(2)28)17(35-20)12-33-37(31,26-16-9-11-32-19(16)29)36-15-6-4-3-5-7-15/h3-8,10,16-18,20H,9,11-12H2,1-2H3,(H,26,31)/t16-,17+,18+,20+,37?/m0/s1. The lowest BCUT2D eigenvalue weighted by molar-refractivity contribution is -0.174. The summed E-state index contributed by atoms with van der Waals surface area (Å²) in [5.74, 6) is -5.51. The van der Waals surface area contributed by atoms with Crippen molar-refractivity contribution in [1.82, 2.24) is 14.6 Å². The highest BCUT2D eigenvalue weighted by Gasteiger charge is 2.62. The van der Waals surface area contributed by atoms with Crippen molar-refractivity contribution in [3.63, 3.8) is 0 Å². The third kappa shape index (κ3) is 6.04. The first kappa shape index (κ1) is 26.9. The molecule has 1 N–H and O–H groups in total. The van der Waals surface area contributed by atoms with Gasteiger partial charge in [-0.3, -0.25) is 18.7 Å². The molecule has 0 aliphatic carbocycles. The predicted octanol–water partition coefficient (Wildman–Crippen LogP) is 2.12. The number of hydrogen-bond donors (Lipinski definition) is 1. The van der Waals surface area contributed by atoms with Gasteiger partial charge in [0.1, 0.15) is 17.9 Å². The number of aromatic nitrogens is 2. The zero-order chi connectivity index (χ0) is 26.8. The molecule has 12 nitrogen and oxygen atoms in total. The molecule has 0 radical (unpaired) electrons. The van der Waals surface area contributed by atoms with Gasteiger partial charge in [-0.1, -0.05) is 18.2 Å². The van der Waals surface area contributed by atoms with Crippen LogP contribution in [0.15, 0.2) is 47.4 Å². The number of ether oxygens (including phenoxy) is 3. The molecule has 200 valence electrons. The lowest BCUT2D eigenvalue weighted by Gasteiger charge is -2.25. The van der Waals surface area contributed by atoms with Crippen molar-refractivity contribution in [1.29, 1.82) is 0 Å². The second kappa shape index (κ2) is 10.7. The molecule has 2 aromatic rings. The highest BCUT2D eigenvalue weighted by atomic mass is 31.2. The fraction of sp³-hybridized carbons (Fsp3) is 0.455. The van der Waals surface area contributed by atoms with E-state index >= 15 is 8.78 Å². The van der Waals surface area contributed by atoms with Gasteiger partial charge in [0, 0.05) is 25.2 Å². The van der Waals surface area contributed by atoms with Crippen molar-refractivity contribution in [2.45, 2.75) is 50.7 Å². The zero-order valence-corrected chi connectivity index (χ0v) is 20.6. The molecular formula is C22H24F2N3O9P. The maximum Gasteiger partial charge on any atom is 0.459 e. The monoisotopic (exact) mass is 543 g/mol. The fourth-order valence-corrected chi connectivity index (χ4v) is 5.33. The number of nitrogens with zero attached hydrogens (tertiary/aromatic N) is 2. The summed E-state index contributed by atoms with van der Waals surface area (Å²) in [6.45, 7) is 1.69. The van der Waals surface area contributed by atoms with E-state index in [-0.39, 0.29) is 18.8 Å². The van der Waals surface area contributed by atoms with Crippen molar-refractivity contribution < 1.29 is 46.2 Å². The summed E-state index contributed by atoms with van der Waals surface area (Å²) >= 11 is 0. The molecule has 15 heteroatoms. The van der Waals surface area contributed by atoms with E-state index in [9.17, 15) is 18.9 Å². The summed E-state index contributed by atoms with van der Waals surface area (Å²) in [6.07, 6.45) is -4.83. The quantitative estimate of drug-likeness (QED) is 0.367. The van der Waals surface area contributed by atoms with Gasteiger partial charge in [-0.25, -0.2) is 9.36 Å². The molecule has 5 atom stereocenters. The summed E-state index contributed by atoms with van der Waals surface area (Å²) < 4.78 is 70.9. The molecule has 37 heavy (non-hydrogen) atoms. The fourth-order valence-electron chi connectivity index (χ4n) is 3.79. The summed E-state index contributed by atoms with van der Waals surface area (Å²) in [7, 11) is -4.39.